The minimum Gasteiger partial charge on any atom is -0.493 e. The fourth-order valence-corrected chi connectivity index (χ4v) is 3.00. The molecule has 0 aliphatic rings. The van der Waals surface area contributed by atoms with Crippen LogP contribution in [0, 0.1) is 0 Å². The van der Waals surface area contributed by atoms with Crippen molar-refractivity contribution in [3.63, 3.8) is 0 Å². The number of unbranched alkanes of at least 4 members (excludes halogenated alkanes) is 1. The number of para-hydroxylation sites is 2. The Hall–Kier alpha value is -3.41. The van der Waals surface area contributed by atoms with Crippen LogP contribution in [0.3, 0.4) is 0 Å². The SMILES string of the molecule is O=c1[nH]c(-c2ccccc2OCCCCn2ccnc2)nc2ccccc12. The largest absolute Gasteiger partial charge is 0.493 e. The first kappa shape index (κ1) is 17.0. The number of hydrogen-bond donors (Lipinski definition) is 1. The molecule has 0 unspecified atom stereocenters. The minimum absolute atomic E-state index is 0.147. The van der Waals surface area contributed by atoms with E-state index in [0.717, 1.165) is 30.7 Å². The Morgan fingerprint density at radius 2 is 1.89 bits per heavy atom. The van der Waals surface area contributed by atoms with Gasteiger partial charge in [-0.1, -0.05) is 24.3 Å². The fraction of sp³-hybridized carbons (Fsp3) is 0.190. The number of imidazole rings is 1. The van der Waals surface area contributed by atoms with Crippen LogP contribution in [0.25, 0.3) is 22.3 Å². The van der Waals surface area contributed by atoms with Gasteiger partial charge in [0, 0.05) is 18.9 Å². The standard InChI is InChI=1S/C21H20N4O2/c26-21-16-7-1-3-9-18(16)23-20(24-21)17-8-2-4-10-19(17)27-14-6-5-12-25-13-11-22-15-25/h1-4,7-11,13,15H,5-6,12,14H2,(H,23,24,26). The molecule has 4 rings (SSSR count). The molecule has 6 heteroatoms. The number of ether oxygens (including phenoxy) is 1. The molecule has 0 amide bonds. The Morgan fingerprint density at radius 1 is 1.04 bits per heavy atom. The number of fused-ring (bicyclic) bond motifs is 1. The molecule has 0 atom stereocenters. The normalized spacial score (nSPS) is 11.0. The van der Waals surface area contributed by atoms with Gasteiger partial charge in [-0.2, -0.15) is 0 Å². The van der Waals surface area contributed by atoms with Crippen molar-refractivity contribution in [2.75, 3.05) is 6.61 Å². The predicted octanol–water partition coefficient (Wildman–Crippen LogP) is 3.65. The van der Waals surface area contributed by atoms with Crippen LogP contribution in [0.5, 0.6) is 5.75 Å². The topological polar surface area (TPSA) is 72.8 Å². The summed E-state index contributed by atoms with van der Waals surface area (Å²) in [4.78, 5) is 23.9. The number of H-pyrrole nitrogens is 1. The van der Waals surface area contributed by atoms with Crippen LogP contribution < -0.4 is 10.3 Å². The molecule has 0 radical (unpaired) electrons. The van der Waals surface area contributed by atoms with Gasteiger partial charge in [-0.15, -0.1) is 0 Å². The maximum absolute atomic E-state index is 12.4. The molecule has 0 spiro atoms. The number of rotatable bonds is 7. The van der Waals surface area contributed by atoms with Gasteiger partial charge in [0.1, 0.15) is 11.6 Å². The van der Waals surface area contributed by atoms with E-state index in [1.807, 2.05) is 55.0 Å². The van der Waals surface area contributed by atoms with Crippen molar-refractivity contribution in [2.45, 2.75) is 19.4 Å². The zero-order valence-corrected chi connectivity index (χ0v) is 14.8. The highest BCUT2D eigenvalue weighted by molar-refractivity contribution is 5.80. The van der Waals surface area contributed by atoms with Crippen LogP contribution in [0.2, 0.25) is 0 Å². The molecular weight excluding hydrogens is 340 g/mol. The summed E-state index contributed by atoms with van der Waals surface area (Å²) < 4.78 is 8.03. The summed E-state index contributed by atoms with van der Waals surface area (Å²) in [5.41, 5.74) is 1.31. The summed E-state index contributed by atoms with van der Waals surface area (Å²) in [5.74, 6) is 1.24. The van der Waals surface area contributed by atoms with Crippen LogP contribution in [-0.2, 0) is 6.54 Å². The van der Waals surface area contributed by atoms with Gasteiger partial charge in [0.05, 0.1) is 29.4 Å². The lowest BCUT2D eigenvalue weighted by atomic mass is 10.1. The lowest BCUT2D eigenvalue weighted by molar-refractivity contribution is 0.304. The second-order valence-corrected chi connectivity index (χ2v) is 6.28. The maximum Gasteiger partial charge on any atom is 0.259 e. The van der Waals surface area contributed by atoms with Crippen molar-refractivity contribution >= 4 is 10.9 Å². The number of hydrogen-bond acceptors (Lipinski definition) is 4. The number of nitrogens with one attached hydrogen (secondary N) is 1. The van der Waals surface area contributed by atoms with E-state index in [2.05, 4.69) is 19.5 Å². The van der Waals surface area contributed by atoms with Crippen molar-refractivity contribution in [1.82, 2.24) is 19.5 Å². The molecule has 2 aromatic carbocycles. The first-order valence-electron chi connectivity index (χ1n) is 8.98. The average Bonchev–Trinajstić information content (AvgIpc) is 3.21. The summed E-state index contributed by atoms with van der Waals surface area (Å²) >= 11 is 0. The van der Waals surface area contributed by atoms with E-state index in [1.54, 1.807) is 12.3 Å². The maximum atomic E-state index is 12.4. The van der Waals surface area contributed by atoms with Crippen molar-refractivity contribution in [3.8, 4) is 17.1 Å². The highest BCUT2D eigenvalue weighted by Gasteiger charge is 2.10. The van der Waals surface area contributed by atoms with E-state index in [0.29, 0.717) is 23.3 Å². The molecule has 0 fully saturated rings. The molecule has 136 valence electrons. The molecule has 2 aromatic heterocycles. The molecule has 1 N–H and O–H groups in total. The third kappa shape index (κ3) is 3.89. The number of nitrogens with zero attached hydrogens (tertiary/aromatic N) is 3. The van der Waals surface area contributed by atoms with Crippen LogP contribution in [0.1, 0.15) is 12.8 Å². The fourth-order valence-electron chi connectivity index (χ4n) is 3.00. The lowest BCUT2D eigenvalue weighted by Gasteiger charge is -2.11. The zero-order chi connectivity index (χ0) is 18.5. The van der Waals surface area contributed by atoms with Crippen molar-refractivity contribution in [2.24, 2.45) is 0 Å². The Kier molecular flexibility index (Phi) is 4.96. The first-order valence-corrected chi connectivity index (χ1v) is 8.98. The molecule has 0 saturated carbocycles. The molecule has 0 aliphatic heterocycles. The van der Waals surface area contributed by atoms with E-state index in [4.69, 9.17) is 4.74 Å². The zero-order valence-electron chi connectivity index (χ0n) is 14.8. The van der Waals surface area contributed by atoms with Crippen molar-refractivity contribution in [1.29, 1.82) is 0 Å². The number of aromatic nitrogens is 4. The number of aromatic amines is 1. The molecule has 6 nitrogen and oxygen atoms in total. The summed E-state index contributed by atoms with van der Waals surface area (Å²) in [6, 6.07) is 15.0. The Bertz CT molecular complexity index is 1090. The highest BCUT2D eigenvalue weighted by atomic mass is 16.5. The highest BCUT2D eigenvalue weighted by Crippen LogP contribution is 2.27. The van der Waals surface area contributed by atoms with Crippen molar-refractivity contribution in [3.05, 3.63) is 77.6 Å². The third-order valence-corrected chi connectivity index (χ3v) is 4.38. The van der Waals surface area contributed by atoms with Gasteiger partial charge in [-0.25, -0.2) is 9.97 Å². The van der Waals surface area contributed by atoms with Gasteiger partial charge in [-0.05, 0) is 37.1 Å². The molecule has 0 bridgehead atoms. The predicted molar refractivity (Wildman–Crippen MR) is 105 cm³/mol. The number of benzene rings is 2. The molecule has 0 saturated heterocycles. The third-order valence-electron chi connectivity index (χ3n) is 4.38. The van der Waals surface area contributed by atoms with E-state index in [1.165, 1.54) is 0 Å². The van der Waals surface area contributed by atoms with Crippen molar-refractivity contribution < 1.29 is 4.74 Å². The quantitative estimate of drug-likeness (QED) is 0.511. The van der Waals surface area contributed by atoms with Crippen LogP contribution in [-0.4, -0.2) is 26.1 Å². The van der Waals surface area contributed by atoms with Gasteiger partial charge in [0.2, 0.25) is 0 Å². The Balaban J connectivity index is 1.49. The van der Waals surface area contributed by atoms with Crippen LogP contribution in [0.4, 0.5) is 0 Å². The van der Waals surface area contributed by atoms with Gasteiger partial charge in [0.25, 0.3) is 5.56 Å². The average molecular weight is 360 g/mol. The van der Waals surface area contributed by atoms with Gasteiger partial charge < -0.3 is 14.3 Å². The molecule has 0 aliphatic carbocycles. The van der Waals surface area contributed by atoms with Crippen LogP contribution in [0.15, 0.2) is 72.0 Å². The lowest BCUT2D eigenvalue weighted by Crippen LogP contribution is -2.10. The Labute approximate surface area is 156 Å². The summed E-state index contributed by atoms with van der Waals surface area (Å²) in [6.07, 6.45) is 7.48. The molecule has 4 aromatic rings. The smallest absolute Gasteiger partial charge is 0.259 e. The Morgan fingerprint density at radius 3 is 2.78 bits per heavy atom. The summed E-state index contributed by atoms with van der Waals surface area (Å²) in [6.45, 7) is 1.52. The summed E-state index contributed by atoms with van der Waals surface area (Å²) in [5, 5.41) is 0.583. The van der Waals surface area contributed by atoms with E-state index >= 15 is 0 Å². The second kappa shape index (κ2) is 7.86. The van der Waals surface area contributed by atoms with E-state index in [-0.39, 0.29) is 5.56 Å². The monoisotopic (exact) mass is 360 g/mol. The van der Waals surface area contributed by atoms with Gasteiger partial charge in [0.15, 0.2) is 0 Å². The van der Waals surface area contributed by atoms with Crippen LogP contribution >= 0.6 is 0 Å². The minimum atomic E-state index is -0.147. The molecule has 27 heavy (non-hydrogen) atoms. The first-order chi connectivity index (χ1) is 13.3. The van der Waals surface area contributed by atoms with Gasteiger partial charge >= 0.3 is 0 Å². The van der Waals surface area contributed by atoms with Gasteiger partial charge in [-0.3, -0.25) is 4.79 Å². The molecule has 2 heterocycles. The van der Waals surface area contributed by atoms with E-state index < -0.39 is 0 Å². The summed E-state index contributed by atoms with van der Waals surface area (Å²) in [7, 11) is 0. The van der Waals surface area contributed by atoms with E-state index in [9.17, 15) is 4.79 Å². The number of aryl methyl sites for hydroxylation is 1. The second-order valence-electron chi connectivity index (χ2n) is 6.28. The molecular formula is C21H20N4O2.